The van der Waals surface area contributed by atoms with Gasteiger partial charge in [0, 0.05) is 31.6 Å². The predicted octanol–water partition coefficient (Wildman–Crippen LogP) is 2.54. The fraction of sp³-hybridized carbons (Fsp3) is 0.348. The Bertz CT molecular complexity index is 1040. The first kappa shape index (κ1) is 24.0. The Morgan fingerprint density at radius 1 is 1.06 bits per heavy atom. The molecule has 1 saturated heterocycles. The second-order valence-corrected chi connectivity index (χ2v) is 7.49. The second kappa shape index (κ2) is 10.3. The van der Waals surface area contributed by atoms with E-state index in [4.69, 9.17) is 14.2 Å². The first-order valence-corrected chi connectivity index (χ1v) is 10.1. The van der Waals surface area contributed by atoms with Crippen molar-refractivity contribution in [3.05, 3.63) is 53.6 Å². The molecule has 1 aliphatic heterocycles. The van der Waals surface area contributed by atoms with E-state index < -0.39 is 35.3 Å². The van der Waals surface area contributed by atoms with E-state index in [0.29, 0.717) is 23.1 Å². The predicted molar refractivity (Wildman–Crippen MR) is 114 cm³/mol. The van der Waals surface area contributed by atoms with Crippen molar-refractivity contribution < 1.29 is 37.4 Å². The quantitative estimate of drug-likeness (QED) is 0.561. The first-order chi connectivity index (χ1) is 15.7. The number of amides is 2. The van der Waals surface area contributed by atoms with Gasteiger partial charge in [-0.1, -0.05) is 0 Å². The molecule has 0 aromatic heterocycles. The van der Waals surface area contributed by atoms with Crippen molar-refractivity contribution in [2.45, 2.75) is 13.0 Å². The molecule has 176 valence electrons. The van der Waals surface area contributed by atoms with Crippen LogP contribution in [0, 0.1) is 17.6 Å². The van der Waals surface area contributed by atoms with Crippen LogP contribution in [0.25, 0.3) is 0 Å². The van der Waals surface area contributed by atoms with E-state index >= 15 is 0 Å². The third-order valence-electron chi connectivity index (χ3n) is 5.32. The number of hydrogen-bond acceptors (Lipinski definition) is 6. The summed E-state index contributed by atoms with van der Waals surface area (Å²) < 4.78 is 42.7. The van der Waals surface area contributed by atoms with E-state index in [0.717, 1.165) is 17.0 Å². The van der Waals surface area contributed by atoms with Gasteiger partial charge in [0.05, 0.1) is 32.9 Å². The molecular weight excluding hydrogens is 438 g/mol. The van der Waals surface area contributed by atoms with Crippen LogP contribution < -0.4 is 14.4 Å². The Kier molecular flexibility index (Phi) is 7.47. The molecule has 1 unspecified atom stereocenters. The van der Waals surface area contributed by atoms with Crippen LogP contribution in [0.15, 0.2) is 36.4 Å². The number of hydrogen-bond donors (Lipinski definition) is 0. The highest BCUT2D eigenvalue weighted by Crippen LogP contribution is 2.30. The van der Waals surface area contributed by atoms with Crippen molar-refractivity contribution in [3.8, 4) is 11.5 Å². The molecular formula is C23H24F2N2O6. The minimum atomic E-state index is -0.897. The van der Waals surface area contributed by atoms with Gasteiger partial charge in [0.25, 0.3) is 0 Å². The normalized spacial score (nSPS) is 15.4. The standard InChI is InChI=1S/C23H24F2N2O6/c1-31-17-6-14(7-18(10-17)32-2)11-26(13-22(29)33-3)23(30)15-8-21(28)27(12-15)20-5-4-16(24)9-19(20)25/h4-7,9-10,15H,8,11-13H2,1-3H3. The van der Waals surface area contributed by atoms with Crippen molar-refractivity contribution in [1.82, 2.24) is 4.90 Å². The first-order valence-electron chi connectivity index (χ1n) is 10.1. The van der Waals surface area contributed by atoms with Crippen molar-refractivity contribution in [2.24, 2.45) is 5.92 Å². The highest BCUT2D eigenvalue weighted by Gasteiger charge is 2.38. The van der Waals surface area contributed by atoms with Crippen LogP contribution in [-0.4, -0.2) is 57.1 Å². The summed E-state index contributed by atoms with van der Waals surface area (Å²) >= 11 is 0. The number of nitrogens with zero attached hydrogens (tertiary/aromatic N) is 2. The van der Waals surface area contributed by atoms with Gasteiger partial charge in [-0.25, -0.2) is 8.78 Å². The number of methoxy groups -OCH3 is 3. The second-order valence-electron chi connectivity index (χ2n) is 7.49. The van der Waals surface area contributed by atoms with E-state index in [2.05, 4.69) is 0 Å². The zero-order valence-electron chi connectivity index (χ0n) is 18.5. The van der Waals surface area contributed by atoms with E-state index in [1.807, 2.05) is 0 Å². The van der Waals surface area contributed by atoms with Crippen LogP contribution in [0.2, 0.25) is 0 Å². The van der Waals surface area contributed by atoms with Gasteiger partial charge in [-0.3, -0.25) is 14.4 Å². The number of anilines is 1. The van der Waals surface area contributed by atoms with E-state index in [-0.39, 0.29) is 31.7 Å². The molecule has 0 bridgehead atoms. The molecule has 3 rings (SSSR count). The van der Waals surface area contributed by atoms with E-state index in [1.165, 1.54) is 26.2 Å². The van der Waals surface area contributed by atoms with Crippen LogP contribution in [-0.2, 0) is 25.7 Å². The summed E-state index contributed by atoms with van der Waals surface area (Å²) in [6.07, 6.45) is -0.172. The van der Waals surface area contributed by atoms with Gasteiger partial charge in [0.15, 0.2) is 0 Å². The van der Waals surface area contributed by atoms with Crippen molar-refractivity contribution in [3.63, 3.8) is 0 Å². The highest BCUT2D eigenvalue weighted by atomic mass is 19.1. The molecule has 2 amide bonds. The van der Waals surface area contributed by atoms with Crippen molar-refractivity contribution >= 4 is 23.5 Å². The summed E-state index contributed by atoms with van der Waals surface area (Å²) in [4.78, 5) is 40.2. The minimum Gasteiger partial charge on any atom is -0.497 e. The fourth-order valence-corrected chi connectivity index (χ4v) is 3.67. The summed E-state index contributed by atoms with van der Waals surface area (Å²) in [6.45, 7) is -0.416. The molecule has 10 heteroatoms. The Morgan fingerprint density at radius 3 is 2.30 bits per heavy atom. The third-order valence-corrected chi connectivity index (χ3v) is 5.32. The molecule has 2 aromatic rings. The maximum Gasteiger partial charge on any atom is 0.325 e. The van der Waals surface area contributed by atoms with Crippen LogP contribution >= 0.6 is 0 Å². The van der Waals surface area contributed by atoms with Crippen molar-refractivity contribution in [2.75, 3.05) is 39.3 Å². The molecule has 2 aromatic carbocycles. The summed E-state index contributed by atoms with van der Waals surface area (Å²) in [6, 6.07) is 7.93. The summed E-state index contributed by atoms with van der Waals surface area (Å²) in [7, 11) is 4.18. The van der Waals surface area contributed by atoms with Crippen LogP contribution in [0.1, 0.15) is 12.0 Å². The minimum absolute atomic E-state index is 0.0249. The van der Waals surface area contributed by atoms with Crippen LogP contribution in [0.5, 0.6) is 11.5 Å². The Hall–Kier alpha value is -3.69. The molecule has 1 aliphatic rings. The molecule has 1 heterocycles. The van der Waals surface area contributed by atoms with E-state index in [9.17, 15) is 23.2 Å². The van der Waals surface area contributed by atoms with Crippen LogP contribution in [0.3, 0.4) is 0 Å². The zero-order valence-corrected chi connectivity index (χ0v) is 18.5. The number of carbonyl (C=O) groups is 3. The number of rotatable bonds is 8. The molecule has 33 heavy (non-hydrogen) atoms. The fourth-order valence-electron chi connectivity index (χ4n) is 3.67. The zero-order chi connectivity index (χ0) is 24.1. The highest BCUT2D eigenvalue weighted by molar-refractivity contribution is 6.00. The van der Waals surface area contributed by atoms with Crippen LogP contribution in [0.4, 0.5) is 14.5 Å². The topological polar surface area (TPSA) is 85.4 Å². The molecule has 0 aliphatic carbocycles. The number of carbonyl (C=O) groups excluding carboxylic acids is 3. The lowest BCUT2D eigenvalue weighted by Gasteiger charge is -2.25. The van der Waals surface area contributed by atoms with E-state index in [1.54, 1.807) is 18.2 Å². The number of ether oxygens (including phenoxy) is 3. The molecule has 1 fully saturated rings. The summed E-state index contributed by atoms with van der Waals surface area (Å²) in [5.74, 6) is -3.06. The maximum atomic E-state index is 14.2. The molecule has 0 N–H and O–H groups in total. The molecule has 0 radical (unpaired) electrons. The number of benzene rings is 2. The van der Waals surface area contributed by atoms with Crippen molar-refractivity contribution in [1.29, 1.82) is 0 Å². The molecule has 0 saturated carbocycles. The SMILES string of the molecule is COC(=O)CN(Cc1cc(OC)cc(OC)c1)C(=O)C1CC(=O)N(c2ccc(F)cc2F)C1. The molecule has 8 nitrogen and oxygen atoms in total. The molecule has 1 atom stereocenters. The van der Waals surface area contributed by atoms with Gasteiger partial charge in [0.1, 0.15) is 29.7 Å². The lowest BCUT2D eigenvalue weighted by Crippen LogP contribution is -2.40. The Labute approximate surface area is 189 Å². The van der Waals surface area contributed by atoms with Gasteiger partial charge in [0.2, 0.25) is 11.8 Å². The van der Waals surface area contributed by atoms with Gasteiger partial charge >= 0.3 is 5.97 Å². The summed E-state index contributed by atoms with van der Waals surface area (Å²) in [5, 5.41) is 0. The van der Waals surface area contributed by atoms with Gasteiger partial charge in [-0.05, 0) is 29.8 Å². The average molecular weight is 462 g/mol. The smallest absolute Gasteiger partial charge is 0.325 e. The number of halogens is 2. The monoisotopic (exact) mass is 462 g/mol. The maximum absolute atomic E-state index is 14.2. The Morgan fingerprint density at radius 2 is 1.73 bits per heavy atom. The third kappa shape index (κ3) is 5.57. The lowest BCUT2D eigenvalue weighted by molar-refractivity contribution is -0.148. The summed E-state index contributed by atoms with van der Waals surface area (Å²) in [5.41, 5.74) is 0.531. The lowest BCUT2D eigenvalue weighted by atomic mass is 10.1. The largest absolute Gasteiger partial charge is 0.497 e. The van der Waals surface area contributed by atoms with Gasteiger partial charge in [-0.15, -0.1) is 0 Å². The number of esters is 1. The Balaban J connectivity index is 1.83. The van der Waals surface area contributed by atoms with Gasteiger partial charge < -0.3 is 24.0 Å². The average Bonchev–Trinajstić information content (AvgIpc) is 3.18. The molecule has 0 spiro atoms. The van der Waals surface area contributed by atoms with Gasteiger partial charge in [-0.2, -0.15) is 0 Å².